The van der Waals surface area contributed by atoms with Crippen molar-refractivity contribution in [3.63, 3.8) is 0 Å². The normalized spacial score (nSPS) is 16.8. The van der Waals surface area contributed by atoms with Crippen LogP contribution in [0.4, 0.5) is 11.9 Å². The van der Waals surface area contributed by atoms with Crippen LogP contribution in [0.25, 0.3) is 5.70 Å². The highest BCUT2D eigenvalue weighted by Gasteiger charge is 2.40. The van der Waals surface area contributed by atoms with Crippen LogP contribution in [-0.2, 0) is 0 Å². The van der Waals surface area contributed by atoms with Gasteiger partial charge in [0, 0.05) is 10.7 Å². The summed E-state index contributed by atoms with van der Waals surface area (Å²) in [6.45, 7) is 0. The molecule has 160 valence electrons. The molecule has 2 aliphatic rings. The zero-order chi connectivity index (χ0) is 22.5. The highest BCUT2D eigenvalue weighted by Crippen LogP contribution is 2.37. The van der Waals surface area contributed by atoms with Crippen molar-refractivity contribution in [3.05, 3.63) is 112 Å². The third-order valence-corrected chi connectivity index (χ3v) is 6.10. The number of benzene rings is 3. The Morgan fingerprint density at radius 3 is 2.15 bits per heavy atom. The first-order chi connectivity index (χ1) is 16.1. The quantitative estimate of drug-likeness (QED) is 0.451. The minimum Gasteiger partial charge on any atom is -0.324 e. The van der Waals surface area contributed by atoms with Crippen LogP contribution in [0.5, 0.6) is 0 Å². The Morgan fingerprint density at radius 2 is 1.45 bits per heavy atom. The number of amides is 2. The Balaban J connectivity index is 1.47. The van der Waals surface area contributed by atoms with Gasteiger partial charge >= 0.3 is 0 Å². The molecule has 3 heterocycles. The molecule has 0 fully saturated rings. The summed E-state index contributed by atoms with van der Waals surface area (Å²) in [5, 5.41) is 8.43. The molecule has 0 bridgehead atoms. The van der Waals surface area contributed by atoms with Gasteiger partial charge in [0.25, 0.3) is 17.8 Å². The van der Waals surface area contributed by atoms with Gasteiger partial charge in [-0.05, 0) is 35.4 Å². The lowest BCUT2D eigenvalue weighted by molar-refractivity contribution is 0.0924. The van der Waals surface area contributed by atoms with E-state index in [0.717, 1.165) is 21.7 Å². The standard InChI is InChI=1S/C25H16ClN5O2/c26-19-13-7-6-12-18(19)21-14-20(15-8-2-1-3-9-15)27-24-28-25(29-31(21)24)30-22(32)16-10-4-5-11-17(16)23(30)33/h1-14,21H,(H,27,28,29)/t21-/m1/s1. The molecular formula is C25H16ClN5O2. The predicted octanol–water partition coefficient (Wildman–Crippen LogP) is 4.79. The maximum absolute atomic E-state index is 13.0. The molecule has 1 aromatic heterocycles. The molecule has 4 aromatic rings. The molecule has 0 aliphatic carbocycles. The average molecular weight is 454 g/mol. The molecule has 6 rings (SSSR count). The second kappa shape index (κ2) is 7.43. The molecule has 2 amide bonds. The van der Waals surface area contributed by atoms with Gasteiger partial charge in [-0.15, -0.1) is 5.10 Å². The van der Waals surface area contributed by atoms with Crippen LogP contribution in [-0.4, -0.2) is 26.6 Å². The lowest BCUT2D eigenvalue weighted by Gasteiger charge is -2.24. The van der Waals surface area contributed by atoms with Gasteiger partial charge in [0.05, 0.1) is 11.1 Å². The number of rotatable bonds is 3. The van der Waals surface area contributed by atoms with Gasteiger partial charge in [-0.3, -0.25) is 9.59 Å². The number of carbonyl (C=O) groups is 2. The van der Waals surface area contributed by atoms with E-state index in [1.807, 2.05) is 60.7 Å². The zero-order valence-electron chi connectivity index (χ0n) is 17.1. The maximum atomic E-state index is 13.0. The van der Waals surface area contributed by atoms with E-state index in [-0.39, 0.29) is 12.0 Å². The van der Waals surface area contributed by atoms with Crippen molar-refractivity contribution in [2.24, 2.45) is 0 Å². The third-order valence-electron chi connectivity index (χ3n) is 5.76. The molecule has 3 aromatic carbocycles. The number of hydrogen-bond donors (Lipinski definition) is 1. The number of carbonyl (C=O) groups excluding carboxylic acids is 2. The van der Waals surface area contributed by atoms with Crippen molar-refractivity contribution in [1.82, 2.24) is 14.8 Å². The van der Waals surface area contributed by atoms with Crippen molar-refractivity contribution in [2.75, 3.05) is 10.2 Å². The number of imide groups is 1. The first kappa shape index (κ1) is 19.5. The fourth-order valence-electron chi connectivity index (χ4n) is 4.17. The molecule has 7 nitrogen and oxygen atoms in total. The van der Waals surface area contributed by atoms with Gasteiger partial charge in [-0.1, -0.05) is 72.3 Å². The van der Waals surface area contributed by atoms with Gasteiger partial charge in [0.15, 0.2) is 0 Å². The number of hydrogen-bond acceptors (Lipinski definition) is 5. The van der Waals surface area contributed by atoms with E-state index in [9.17, 15) is 9.59 Å². The largest absolute Gasteiger partial charge is 0.324 e. The summed E-state index contributed by atoms with van der Waals surface area (Å²) >= 11 is 6.53. The summed E-state index contributed by atoms with van der Waals surface area (Å²) in [5.74, 6) is -0.454. The summed E-state index contributed by atoms with van der Waals surface area (Å²) in [5.41, 5.74) is 3.30. The van der Waals surface area contributed by atoms with Gasteiger partial charge in [0.1, 0.15) is 6.04 Å². The van der Waals surface area contributed by atoms with Crippen LogP contribution in [0.1, 0.15) is 37.9 Å². The van der Waals surface area contributed by atoms with Crippen LogP contribution in [0, 0.1) is 0 Å². The van der Waals surface area contributed by atoms with E-state index >= 15 is 0 Å². The predicted molar refractivity (Wildman–Crippen MR) is 125 cm³/mol. The van der Waals surface area contributed by atoms with E-state index in [4.69, 9.17) is 11.6 Å². The Hall–Kier alpha value is -4.23. The molecule has 0 saturated carbocycles. The smallest absolute Gasteiger partial charge is 0.268 e. The molecule has 0 spiro atoms. The number of nitrogens with zero attached hydrogens (tertiary/aromatic N) is 4. The van der Waals surface area contributed by atoms with E-state index in [1.54, 1.807) is 28.9 Å². The van der Waals surface area contributed by atoms with Crippen LogP contribution in [0.3, 0.4) is 0 Å². The fourth-order valence-corrected chi connectivity index (χ4v) is 4.42. The molecule has 1 atom stereocenters. The van der Waals surface area contributed by atoms with Gasteiger partial charge < -0.3 is 5.32 Å². The molecule has 0 unspecified atom stereocenters. The minimum absolute atomic E-state index is 0.0171. The van der Waals surface area contributed by atoms with Crippen molar-refractivity contribution in [2.45, 2.75) is 6.04 Å². The molecule has 1 N–H and O–H groups in total. The average Bonchev–Trinajstić information content (AvgIpc) is 3.38. The molecule has 0 saturated heterocycles. The van der Waals surface area contributed by atoms with Gasteiger partial charge in [-0.2, -0.15) is 4.98 Å². The molecule has 8 heteroatoms. The molecule has 0 radical (unpaired) electrons. The number of fused-ring (bicyclic) bond motifs is 2. The summed E-state index contributed by atoms with van der Waals surface area (Å²) in [6, 6.07) is 23.6. The van der Waals surface area contributed by atoms with Crippen molar-refractivity contribution in [1.29, 1.82) is 0 Å². The lowest BCUT2D eigenvalue weighted by atomic mass is 10.0. The van der Waals surface area contributed by atoms with Crippen molar-refractivity contribution >= 4 is 41.0 Å². The Morgan fingerprint density at radius 1 is 0.818 bits per heavy atom. The molecular weight excluding hydrogens is 438 g/mol. The van der Waals surface area contributed by atoms with Crippen molar-refractivity contribution in [3.8, 4) is 0 Å². The minimum atomic E-state index is -0.441. The topological polar surface area (TPSA) is 80.1 Å². The van der Waals surface area contributed by atoms with Crippen molar-refractivity contribution < 1.29 is 9.59 Å². The Labute approximate surface area is 193 Å². The monoisotopic (exact) mass is 453 g/mol. The van der Waals surface area contributed by atoms with Crippen LogP contribution < -0.4 is 10.2 Å². The first-order valence-corrected chi connectivity index (χ1v) is 10.7. The SMILES string of the molecule is O=C1c2ccccc2C(=O)N1c1nc2n(n1)[C@@H](c1ccccc1Cl)C=C(c1ccccc1)N2. The number of anilines is 2. The van der Waals surface area contributed by atoms with Gasteiger partial charge in [0.2, 0.25) is 5.95 Å². The molecule has 33 heavy (non-hydrogen) atoms. The summed E-state index contributed by atoms with van der Waals surface area (Å²) < 4.78 is 1.65. The highest BCUT2D eigenvalue weighted by atomic mass is 35.5. The second-order valence-electron chi connectivity index (χ2n) is 7.71. The number of halogens is 1. The van der Waals surface area contributed by atoms with E-state index in [0.29, 0.717) is 22.1 Å². The van der Waals surface area contributed by atoms with Crippen LogP contribution in [0.15, 0.2) is 84.9 Å². The highest BCUT2D eigenvalue weighted by molar-refractivity contribution is 6.34. The number of allylic oxidation sites excluding steroid dienone is 1. The fraction of sp³-hybridized carbons (Fsp3) is 0.0400. The number of nitrogens with one attached hydrogen (secondary N) is 1. The maximum Gasteiger partial charge on any atom is 0.268 e. The third kappa shape index (κ3) is 3.05. The number of aromatic nitrogens is 3. The Kier molecular flexibility index (Phi) is 4.38. The summed E-state index contributed by atoms with van der Waals surface area (Å²) in [7, 11) is 0. The lowest BCUT2D eigenvalue weighted by Crippen LogP contribution is -2.30. The van der Waals surface area contributed by atoms with Crippen LogP contribution >= 0.6 is 11.6 Å². The van der Waals surface area contributed by atoms with E-state index in [2.05, 4.69) is 15.4 Å². The summed E-state index contributed by atoms with van der Waals surface area (Å²) in [6.07, 6.45) is 2.00. The molecule has 2 aliphatic heterocycles. The van der Waals surface area contributed by atoms with Crippen LogP contribution in [0.2, 0.25) is 5.02 Å². The Bertz CT molecular complexity index is 1430. The summed E-state index contributed by atoms with van der Waals surface area (Å²) in [4.78, 5) is 31.5. The first-order valence-electron chi connectivity index (χ1n) is 10.3. The van der Waals surface area contributed by atoms with E-state index in [1.165, 1.54) is 0 Å². The zero-order valence-corrected chi connectivity index (χ0v) is 17.9. The van der Waals surface area contributed by atoms with E-state index < -0.39 is 11.8 Å². The second-order valence-corrected chi connectivity index (χ2v) is 8.12. The van der Waals surface area contributed by atoms with Gasteiger partial charge in [-0.25, -0.2) is 9.58 Å².